The van der Waals surface area contributed by atoms with Crippen molar-refractivity contribution in [3.63, 3.8) is 0 Å². The lowest BCUT2D eigenvalue weighted by Gasteiger charge is -2.25. The molecule has 1 aliphatic heterocycles. The molecule has 5 nitrogen and oxygen atoms in total. The number of hydrogen-bond donors (Lipinski definition) is 2. The summed E-state index contributed by atoms with van der Waals surface area (Å²) >= 11 is 3.46. The third-order valence-electron chi connectivity index (χ3n) is 3.47. The SMILES string of the molecule is CNC(=O)C1(C)CCN(c2c(N)cncc2Br)C1. The van der Waals surface area contributed by atoms with Gasteiger partial charge in [-0.05, 0) is 29.3 Å². The average Bonchev–Trinajstić information content (AvgIpc) is 2.72. The van der Waals surface area contributed by atoms with Crippen LogP contribution in [0.1, 0.15) is 13.3 Å². The molecule has 1 aromatic rings. The Hall–Kier alpha value is -1.30. The normalized spacial score (nSPS) is 23.2. The van der Waals surface area contributed by atoms with Gasteiger partial charge in [-0.2, -0.15) is 0 Å². The highest BCUT2D eigenvalue weighted by Crippen LogP contribution is 2.39. The highest BCUT2D eigenvalue weighted by atomic mass is 79.9. The first-order chi connectivity index (χ1) is 8.48. The van der Waals surface area contributed by atoms with Crippen LogP contribution in [0, 0.1) is 5.41 Å². The zero-order valence-electron chi connectivity index (χ0n) is 10.5. The van der Waals surface area contributed by atoms with Gasteiger partial charge in [0.05, 0.1) is 27.5 Å². The van der Waals surface area contributed by atoms with Gasteiger partial charge in [-0.15, -0.1) is 0 Å². The van der Waals surface area contributed by atoms with Crippen molar-refractivity contribution < 1.29 is 4.79 Å². The number of halogens is 1. The van der Waals surface area contributed by atoms with Crippen molar-refractivity contribution in [3.8, 4) is 0 Å². The molecule has 3 N–H and O–H groups in total. The molecule has 2 rings (SSSR count). The number of nitrogens with one attached hydrogen (secondary N) is 1. The van der Waals surface area contributed by atoms with Crippen LogP contribution in [0.2, 0.25) is 0 Å². The van der Waals surface area contributed by atoms with Crippen molar-refractivity contribution >= 4 is 33.2 Å². The lowest BCUT2D eigenvalue weighted by atomic mass is 9.89. The van der Waals surface area contributed by atoms with E-state index < -0.39 is 0 Å². The van der Waals surface area contributed by atoms with Crippen LogP contribution < -0.4 is 16.0 Å². The van der Waals surface area contributed by atoms with Crippen LogP contribution in [0.15, 0.2) is 16.9 Å². The van der Waals surface area contributed by atoms with Gasteiger partial charge in [0.1, 0.15) is 0 Å². The molecule has 2 heterocycles. The Morgan fingerprint density at radius 2 is 2.33 bits per heavy atom. The molecule has 1 aliphatic rings. The number of pyridine rings is 1. The van der Waals surface area contributed by atoms with Crippen molar-refractivity contribution in [2.45, 2.75) is 13.3 Å². The van der Waals surface area contributed by atoms with E-state index in [0.717, 1.165) is 23.1 Å². The summed E-state index contributed by atoms with van der Waals surface area (Å²) in [6.45, 7) is 3.47. The second kappa shape index (κ2) is 4.76. The molecule has 6 heteroatoms. The van der Waals surface area contributed by atoms with Crippen molar-refractivity contribution in [2.75, 3.05) is 30.8 Å². The largest absolute Gasteiger partial charge is 0.396 e. The molecule has 0 aliphatic carbocycles. The minimum Gasteiger partial charge on any atom is -0.396 e. The molecule has 1 atom stereocenters. The third-order valence-corrected chi connectivity index (χ3v) is 4.05. The summed E-state index contributed by atoms with van der Waals surface area (Å²) < 4.78 is 0.864. The van der Waals surface area contributed by atoms with E-state index in [2.05, 4.69) is 31.1 Å². The Morgan fingerprint density at radius 1 is 1.61 bits per heavy atom. The van der Waals surface area contributed by atoms with E-state index >= 15 is 0 Å². The number of amides is 1. The summed E-state index contributed by atoms with van der Waals surface area (Å²) in [6, 6.07) is 0. The van der Waals surface area contributed by atoms with Crippen LogP contribution in [-0.2, 0) is 4.79 Å². The minimum atomic E-state index is -0.357. The molecule has 0 spiro atoms. The van der Waals surface area contributed by atoms with E-state index in [-0.39, 0.29) is 11.3 Å². The fourth-order valence-corrected chi connectivity index (χ4v) is 3.01. The quantitative estimate of drug-likeness (QED) is 0.865. The maximum absolute atomic E-state index is 11.9. The van der Waals surface area contributed by atoms with Gasteiger partial charge in [0.15, 0.2) is 0 Å². The molecule has 98 valence electrons. The average molecular weight is 313 g/mol. The van der Waals surface area contributed by atoms with Crippen LogP contribution in [0.25, 0.3) is 0 Å². The molecular weight excluding hydrogens is 296 g/mol. The number of carbonyl (C=O) groups is 1. The predicted octanol–water partition coefficient (Wildman–Crippen LogP) is 1.39. The van der Waals surface area contributed by atoms with Crippen molar-refractivity contribution in [3.05, 3.63) is 16.9 Å². The first-order valence-corrected chi connectivity index (χ1v) is 6.63. The monoisotopic (exact) mass is 312 g/mol. The second-order valence-corrected chi connectivity index (χ2v) is 5.72. The first-order valence-electron chi connectivity index (χ1n) is 5.84. The maximum Gasteiger partial charge on any atom is 0.227 e. The molecule has 1 fully saturated rings. The number of nitrogens with two attached hydrogens (primary N) is 1. The number of carbonyl (C=O) groups excluding carboxylic acids is 1. The molecule has 0 saturated carbocycles. The Labute approximate surface area is 115 Å². The van der Waals surface area contributed by atoms with Crippen LogP contribution in [0.4, 0.5) is 11.4 Å². The van der Waals surface area contributed by atoms with Gasteiger partial charge in [0.25, 0.3) is 0 Å². The molecule has 1 saturated heterocycles. The summed E-state index contributed by atoms with van der Waals surface area (Å²) in [5.41, 5.74) is 7.16. The standard InChI is InChI=1S/C12H17BrN4O/c1-12(11(18)15-2)3-4-17(7-12)10-8(13)5-16-6-9(10)14/h5-6H,3-4,7,14H2,1-2H3,(H,15,18). The summed E-state index contributed by atoms with van der Waals surface area (Å²) in [6.07, 6.45) is 4.18. The lowest BCUT2D eigenvalue weighted by molar-refractivity contribution is -0.128. The lowest BCUT2D eigenvalue weighted by Crippen LogP contribution is -2.39. The van der Waals surface area contributed by atoms with Crippen LogP contribution >= 0.6 is 15.9 Å². The van der Waals surface area contributed by atoms with Gasteiger partial charge < -0.3 is 16.0 Å². The van der Waals surface area contributed by atoms with Crippen LogP contribution in [-0.4, -0.2) is 31.0 Å². The number of aromatic nitrogens is 1. The van der Waals surface area contributed by atoms with E-state index in [0.29, 0.717) is 12.2 Å². The molecule has 1 aromatic heterocycles. The molecular formula is C12H17BrN4O. The van der Waals surface area contributed by atoms with Gasteiger partial charge in [-0.1, -0.05) is 0 Å². The molecule has 1 amide bonds. The predicted molar refractivity (Wildman–Crippen MR) is 75.4 cm³/mol. The van der Waals surface area contributed by atoms with E-state index in [1.54, 1.807) is 19.4 Å². The Kier molecular flexibility index (Phi) is 3.47. The van der Waals surface area contributed by atoms with E-state index in [1.165, 1.54) is 0 Å². The van der Waals surface area contributed by atoms with Gasteiger partial charge in [-0.3, -0.25) is 9.78 Å². The Morgan fingerprint density at radius 3 is 2.94 bits per heavy atom. The smallest absolute Gasteiger partial charge is 0.227 e. The van der Waals surface area contributed by atoms with Crippen molar-refractivity contribution in [1.29, 1.82) is 0 Å². The summed E-state index contributed by atoms with van der Waals surface area (Å²) in [5.74, 6) is 0.0775. The Bertz CT molecular complexity index is 459. The third kappa shape index (κ3) is 2.16. The van der Waals surface area contributed by atoms with Crippen molar-refractivity contribution in [1.82, 2.24) is 10.3 Å². The summed E-state index contributed by atoms with van der Waals surface area (Å²) in [5, 5.41) is 2.73. The van der Waals surface area contributed by atoms with E-state index in [9.17, 15) is 4.79 Å². The number of nitrogens with zero attached hydrogens (tertiary/aromatic N) is 2. The van der Waals surface area contributed by atoms with Gasteiger partial charge in [0.2, 0.25) is 5.91 Å². The number of anilines is 2. The topological polar surface area (TPSA) is 71.2 Å². The van der Waals surface area contributed by atoms with Crippen LogP contribution in [0.5, 0.6) is 0 Å². The highest BCUT2D eigenvalue weighted by Gasteiger charge is 2.40. The minimum absolute atomic E-state index is 0.0775. The first kappa shape index (κ1) is 13.1. The maximum atomic E-state index is 11.9. The molecule has 1 unspecified atom stereocenters. The van der Waals surface area contributed by atoms with Crippen LogP contribution in [0.3, 0.4) is 0 Å². The fourth-order valence-electron chi connectivity index (χ4n) is 2.42. The number of hydrogen-bond acceptors (Lipinski definition) is 4. The summed E-state index contributed by atoms with van der Waals surface area (Å²) in [7, 11) is 1.67. The number of nitrogen functional groups attached to an aromatic ring is 1. The fraction of sp³-hybridized carbons (Fsp3) is 0.500. The van der Waals surface area contributed by atoms with E-state index in [1.807, 2.05) is 6.92 Å². The molecule has 0 bridgehead atoms. The molecule has 18 heavy (non-hydrogen) atoms. The summed E-state index contributed by atoms with van der Waals surface area (Å²) in [4.78, 5) is 18.1. The second-order valence-electron chi connectivity index (χ2n) is 4.87. The highest BCUT2D eigenvalue weighted by molar-refractivity contribution is 9.10. The molecule has 0 aromatic carbocycles. The molecule has 0 radical (unpaired) electrons. The van der Waals surface area contributed by atoms with E-state index in [4.69, 9.17) is 5.73 Å². The number of rotatable bonds is 2. The zero-order chi connectivity index (χ0) is 13.3. The van der Waals surface area contributed by atoms with Gasteiger partial charge >= 0.3 is 0 Å². The van der Waals surface area contributed by atoms with Gasteiger partial charge in [0, 0.05) is 26.3 Å². The van der Waals surface area contributed by atoms with Crippen molar-refractivity contribution in [2.24, 2.45) is 5.41 Å². The van der Waals surface area contributed by atoms with Gasteiger partial charge in [-0.25, -0.2) is 0 Å². The zero-order valence-corrected chi connectivity index (χ0v) is 12.1. The Balaban J connectivity index is 2.26.